The first-order valence-corrected chi connectivity index (χ1v) is 5.87. The molecule has 1 aromatic carbocycles. The molecule has 1 unspecified atom stereocenters. The number of nitrogens with one attached hydrogen (secondary N) is 1. The van der Waals surface area contributed by atoms with Gasteiger partial charge in [-0.2, -0.15) is 0 Å². The fourth-order valence-corrected chi connectivity index (χ4v) is 1.78. The summed E-state index contributed by atoms with van der Waals surface area (Å²) in [6.45, 7) is 4.08. The summed E-state index contributed by atoms with van der Waals surface area (Å²) in [6, 6.07) is 6.24. The highest BCUT2D eigenvalue weighted by molar-refractivity contribution is 5.44. The third kappa shape index (κ3) is 2.92. The summed E-state index contributed by atoms with van der Waals surface area (Å²) in [5.74, 6) is 4.23. The lowest BCUT2D eigenvalue weighted by Crippen LogP contribution is -2.18. The van der Waals surface area contributed by atoms with E-state index in [0.29, 0.717) is 13.2 Å². The van der Waals surface area contributed by atoms with E-state index in [1.54, 1.807) is 0 Å². The smallest absolute Gasteiger partial charge is 0.161 e. The Morgan fingerprint density at radius 1 is 1.35 bits per heavy atom. The summed E-state index contributed by atoms with van der Waals surface area (Å²) in [7, 11) is 0. The lowest BCUT2D eigenvalue weighted by molar-refractivity contribution is 0.297. The first kappa shape index (κ1) is 11.8. The van der Waals surface area contributed by atoms with E-state index in [2.05, 4.69) is 18.2 Å². The fraction of sp³-hybridized carbons (Fsp3) is 0.429. The Kier molecular flexibility index (Phi) is 3.89. The van der Waals surface area contributed by atoms with Gasteiger partial charge in [-0.1, -0.05) is 12.0 Å². The zero-order valence-electron chi connectivity index (χ0n) is 10.0. The third-order valence-corrected chi connectivity index (χ3v) is 2.78. The Labute approximate surface area is 102 Å². The molecule has 0 radical (unpaired) electrons. The Balaban J connectivity index is 2.15. The average Bonchev–Trinajstić information content (AvgIpc) is 2.60. The predicted octanol–water partition coefficient (Wildman–Crippen LogP) is 2.13. The van der Waals surface area contributed by atoms with Crippen LogP contribution in [0.1, 0.15) is 24.9 Å². The highest BCUT2D eigenvalue weighted by atomic mass is 16.5. The van der Waals surface area contributed by atoms with E-state index >= 15 is 0 Å². The largest absolute Gasteiger partial charge is 0.490 e. The lowest BCUT2D eigenvalue weighted by Gasteiger charge is -2.15. The molecule has 0 saturated heterocycles. The van der Waals surface area contributed by atoms with Gasteiger partial charge in [-0.3, -0.25) is 5.32 Å². The van der Waals surface area contributed by atoms with Crippen LogP contribution >= 0.6 is 0 Å². The van der Waals surface area contributed by atoms with E-state index in [4.69, 9.17) is 15.9 Å². The van der Waals surface area contributed by atoms with Crippen LogP contribution in [0.2, 0.25) is 0 Å². The standard InChI is InChI=1S/C14H17NO2/c1-3-7-15-11(2)12-5-6-13-14(10-12)17-9-4-8-16-13/h1,5-6,10-11,15H,4,7-9H2,2H3. The summed E-state index contributed by atoms with van der Waals surface area (Å²) < 4.78 is 11.2. The topological polar surface area (TPSA) is 30.5 Å². The van der Waals surface area contributed by atoms with Crippen molar-refractivity contribution >= 4 is 0 Å². The van der Waals surface area contributed by atoms with Crippen LogP contribution in [-0.2, 0) is 0 Å². The van der Waals surface area contributed by atoms with Gasteiger partial charge in [-0.25, -0.2) is 0 Å². The molecule has 90 valence electrons. The second-order valence-electron chi connectivity index (χ2n) is 4.06. The van der Waals surface area contributed by atoms with Crippen LogP contribution in [0.4, 0.5) is 0 Å². The van der Waals surface area contributed by atoms with Crippen LogP contribution in [0.5, 0.6) is 11.5 Å². The Bertz CT molecular complexity index is 423. The Morgan fingerprint density at radius 3 is 2.88 bits per heavy atom. The highest BCUT2D eigenvalue weighted by Gasteiger charge is 2.12. The van der Waals surface area contributed by atoms with Crippen LogP contribution in [0.3, 0.4) is 0 Å². The van der Waals surface area contributed by atoms with E-state index in [1.807, 2.05) is 18.2 Å². The van der Waals surface area contributed by atoms with Gasteiger partial charge in [0.2, 0.25) is 0 Å². The van der Waals surface area contributed by atoms with E-state index in [9.17, 15) is 0 Å². The molecule has 1 aliphatic heterocycles. The van der Waals surface area contributed by atoms with Gasteiger partial charge in [0.05, 0.1) is 19.8 Å². The van der Waals surface area contributed by atoms with E-state index < -0.39 is 0 Å². The molecule has 0 aromatic heterocycles. The molecule has 0 amide bonds. The summed E-state index contributed by atoms with van der Waals surface area (Å²) in [5, 5.41) is 3.24. The molecule has 3 heteroatoms. The molecule has 17 heavy (non-hydrogen) atoms. The summed E-state index contributed by atoms with van der Waals surface area (Å²) in [4.78, 5) is 0. The maximum atomic E-state index is 5.65. The first-order valence-electron chi connectivity index (χ1n) is 5.87. The number of hydrogen-bond acceptors (Lipinski definition) is 3. The second-order valence-corrected chi connectivity index (χ2v) is 4.06. The van der Waals surface area contributed by atoms with Crippen molar-refractivity contribution in [3.63, 3.8) is 0 Å². The number of fused-ring (bicyclic) bond motifs is 1. The minimum absolute atomic E-state index is 0.211. The van der Waals surface area contributed by atoms with Crippen molar-refractivity contribution in [3.05, 3.63) is 23.8 Å². The first-order chi connectivity index (χ1) is 8.31. The molecule has 1 atom stereocenters. The van der Waals surface area contributed by atoms with E-state index in [0.717, 1.165) is 30.1 Å². The maximum absolute atomic E-state index is 5.65. The minimum atomic E-state index is 0.211. The quantitative estimate of drug-likeness (QED) is 0.808. The van der Waals surface area contributed by atoms with Gasteiger partial charge < -0.3 is 9.47 Å². The van der Waals surface area contributed by atoms with Crippen LogP contribution < -0.4 is 14.8 Å². The van der Waals surface area contributed by atoms with E-state index in [1.165, 1.54) is 0 Å². The fourth-order valence-electron chi connectivity index (χ4n) is 1.78. The molecule has 0 bridgehead atoms. The van der Waals surface area contributed by atoms with Gasteiger partial charge in [0, 0.05) is 12.5 Å². The van der Waals surface area contributed by atoms with Gasteiger partial charge in [-0.15, -0.1) is 6.42 Å². The monoisotopic (exact) mass is 231 g/mol. The molecule has 0 spiro atoms. The van der Waals surface area contributed by atoms with Crippen LogP contribution in [0.25, 0.3) is 0 Å². The van der Waals surface area contributed by atoms with Crippen molar-refractivity contribution < 1.29 is 9.47 Å². The van der Waals surface area contributed by atoms with Crippen LogP contribution in [0.15, 0.2) is 18.2 Å². The molecule has 0 fully saturated rings. The average molecular weight is 231 g/mol. The van der Waals surface area contributed by atoms with E-state index in [-0.39, 0.29) is 6.04 Å². The molecule has 1 aliphatic rings. The summed E-state index contributed by atoms with van der Waals surface area (Å²) in [5.41, 5.74) is 1.16. The zero-order chi connectivity index (χ0) is 12.1. The number of rotatable bonds is 3. The van der Waals surface area contributed by atoms with Crippen LogP contribution in [0, 0.1) is 12.3 Å². The molecule has 3 nitrogen and oxygen atoms in total. The summed E-state index contributed by atoms with van der Waals surface area (Å²) >= 11 is 0. The number of benzene rings is 1. The lowest BCUT2D eigenvalue weighted by atomic mass is 10.1. The number of terminal acetylenes is 1. The molecule has 0 saturated carbocycles. The van der Waals surface area contributed by atoms with Crippen molar-refractivity contribution in [2.75, 3.05) is 19.8 Å². The second kappa shape index (κ2) is 5.60. The van der Waals surface area contributed by atoms with Crippen molar-refractivity contribution in [1.29, 1.82) is 0 Å². The predicted molar refractivity (Wildman–Crippen MR) is 67.3 cm³/mol. The molecule has 2 rings (SSSR count). The molecule has 1 aromatic rings. The number of hydrogen-bond donors (Lipinski definition) is 1. The SMILES string of the molecule is C#CCNC(C)c1ccc2c(c1)OCCCO2. The van der Waals surface area contributed by atoms with Crippen molar-refractivity contribution in [2.45, 2.75) is 19.4 Å². The zero-order valence-corrected chi connectivity index (χ0v) is 10.0. The molecule has 1 N–H and O–H groups in total. The molecular formula is C14H17NO2. The summed E-state index contributed by atoms with van der Waals surface area (Å²) in [6.07, 6.45) is 6.15. The molecule has 0 aliphatic carbocycles. The normalized spacial score (nSPS) is 15.8. The maximum Gasteiger partial charge on any atom is 0.161 e. The highest BCUT2D eigenvalue weighted by Crippen LogP contribution is 2.32. The van der Waals surface area contributed by atoms with Gasteiger partial charge in [0.15, 0.2) is 11.5 Å². The van der Waals surface area contributed by atoms with Crippen LogP contribution in [-0.4, -0.2) is 19.8 Å². The molecular weight excluding hydrogens is 214 g/mol. The van der Waals surface area contributed by atoms with Gasteiger partial charge in [0.25, 0.3) is 0 Å². The minimum Gasteiger partial charge on any atom is -0.490 e. The third-order valence-electron chi connectivity index (χ3n) is 2.78. The Hall–Kier alpha value is -1.66. The number of ether oxygens (including phenoxy) is 2. The van der Waals surface area contributed by atoms with Gasteiger partial charge in [-0.05, 0) is 24.6 Å². The van der Waals surface area contributed by atoms with Crippen molar-refractivity contribution in [3.8, 4) is 23.8 Å². The van der Waals surface area contributed by atoms with Gasteiger partial charge >= 0.3 is 0 Å². The Morgan fingerprint density at radius 2 is 2.12 bits per heavy atom. The van der Waals surface area contributed by atoms with Gasteiger partial charge in [0.1, 0.15) is 0 Å². The van der Waals surface area contributed by atoms with Crippen molar-refractivity contribution in [1.82, 2.24) is 5.32 Å². The van der Waals surface area contributed by atoms with Crippen molar-refractivity contribution in [2.24, 2.45) is 0 Å². The molecule has 1 heterocycles.